The van der Waals surface area contributed by atoms with Gasteiger partial charge in [0.2, 0.25) is 10.0 Å². The predicted octanol–water partition coefficient (Wildman–Crippen LogP) is -0.265. The Bertz CT molecular complexity index is 443. The second-order valence-corrected chi connectivity index (χ2v) is 5.84. The van der Waals surface area contributed by atoms with Crippen LogP contribution in [0.5, 0.6) is 0 Å². The van der Waals surface area contributed by atoms with Crippen LogP contribution in [0.15, 0.2) is 16.9 Å². The van der Waals surface area contributed by atoms with E-state index in [9.17, 15) is 13.5 Å². The fourth-order valence-electron chi connectivity index (χ4n) is 1.05. The van der Waals surface area contributed by atoms with Crippen molar-refractivity contribution in [3.05, 3.63) is 22.7 Å². The topological polar surface area (TPSA) is 106 Å². The number of hydrogen-bond acceptors (Lipinski definition) is 5. The van der Waals surface area contributed by atoms with Gasteiger partial charge in [0, 0.05) is 12.4 Å². The summed E-state index contributed by atoms with van der Waals surface area (Å²) in [5, 5.41) is 14.6. The molecule has 0 bridgehead atoms. The second-order valence-electron chi connectivity index (χ2n) is 3.31. The molecule has 0 saturated heterocycles. The Labute approximate surface area is 95.7 Å². The minimum absolute atomic E-state index is 0.0136. The lowest BCUT2D eigenvalue weighted by molar-refractivity contribution is 0.0720. The Morgan fingerprint density at radius 2 is 2.00 bits per heavy atom. The highest BCUT2D eigenvalue weighted by Crippen LogP contribution is 2.18. The number of nitrogens with two attached hydrogens (primary N) is 1. The van der Waals surface area contributed by atoms with Gasteiger partial charge < -0.3 is 5.11 Å². The normalized spacial score (nSPS) is 16.0. The summed E-state index contributed by atoms with van der Waals surface area (Å²) in [6.07, 6.45) is 2.83. The fourth-order valence-corrected chi connectivity index (χ4v) is 2.16. The first-order valence-electron chi connectivity index (χ1n) is 3.91. The number of hydrogen-bond donors (Lipinski definition) is 2. The first-order valence-corrected chi connectivity index (χ1v) is 6.42. The molecule has 0 spiro atoms. The van der Waals surface area contributed by atoms with E-state index in [1.54, 1.807) is 0 Å². The van der Waals surface area contributed by atoms with E-state index >= 15 is 0 Å². The first-order chi connectivity index (χ1) is 6.71. The molecule has 0 radical (unpaired) electrons. The van der Waals surface area contributed by atoms with Gasteiger partial charge in [-0.15, -0.1) is 0 Å². The van der Waals surface area contributed by atoms with E-state index in [4.69, 9.17) is 5.14 Å². The highest BCUT2D eigenvalue weighted by atomic mass is 79.9. The summed E-state index contributed by atoms with van der Waals surface area (Å²) in [4.78, 5) is 7.61. The smallest absolute Gasteiger partial charge is 0.212 e. The monoisotopic (exact) mass is 295 g/mol. The third-order valence-corrected chi connectivity index (χ3v) is 2.96. The molecule has 0 unspecified atom stereocenters. The predicted molar refractivity (Wildman–Crippen MR) is 57.3 cm³/mol. The minimum atomic E-state index is -3.78. The molecule has 0 amide bonds. The molecule has 1 atom stereocenters. The third-order valence-electron chi connectivity index (χ3n) is 1.58. The molecule has 15 heavy (non-hydrogen) atoms. The van der Waals surface area contributed by atoms with Crippen molar-refractivity contribution in [2.45, 2.75) is 12.5 Å². The summed E-state index contributed by atoms with van der Waals surface area (Å²) in [6.45, 7) is 1.29. The molecule has 1 rings (SSSR count). The molecule has 6 nitrogen and oxygen atoms in total. The van der Waals surface area contributed by atoms with Crippen molar-refractivity contribution < 1.29 is 13.5 Å². The summed E-state index contributed by atoms with van der Waals surface area (Å²) in [6, 6.07) is 0. The number of sulfonamides is 1. The lowest BCUT2D eigenvalue weighted by Gasteiger charge is -2.19. The zero-order valence-electron chi connectivity index (χ0n) is 7.88. The maximum absolute atomic E-state index is 10.8. The Kier molecular flexibility index (Phi) is 3.44. The molecule has 0 aliphatic heterocycles. The van der Waals surface area contributed by atoms with Crippen molar-refractivity contribution in [3.63, 3.8) is 0 Å². The SMILES string of the molecule is C[C@@](O)(CS(N)(=O)=O)c1ncc(Br)cn1. The summed E-state index contributed by atoms with van der Waals surface area (Å²) in [5.74, 6) is -0.610. The molecule has 0 aromatic carbocycles. The molecule has 1 aromatic rings. The van der Waals surface area contributed by atoms with Crippen molar-refractivity contribution in [2.75, 3.05) is 5.75 Å². The van der Waals surface area contributed by atoms with Crippen LogP contribution in [0, 0.1) is 0 Å². The van der Waals surface area contributed by atoms with E-state index in [0.29, 0.717) is 4.47 Å². The van der Waals surface area contributed by atoms with E-state index in [0.717, 1.165) is 0 Å². The summed E-state index contributed by atoms with van der Waals surface area (Å²) < 4.78 is 22.3. The summed E-state index contributed by atoms with van der Waals surface area (Å²) in [7, 11) is -3.78. The van der Waals surface area contributed by atoms with Crippen molar-refractivity contribution in [2.24, 2.45) is 5.14 Å². The molecule has 0 saturated carbocycles. The van der Waals surface area contributed by atoms with Gasteiger partial charge in [0.1, 0.15) is 5.60 Å². The van der Waals surface area contributed by atoms with Gasteiger partial charge in [-0.05, 0) is 22.9 Å². The van der Waals surface area contributed by atoms with Gasteiger partial charge in [0.05, 0.1) is 10.2 Å². The van der Waals surface area contributed by atoms with E-state index in [-0.39, 0.29) is 5.82 Å². The lowest BCUT2D eigenvalue weighted by atomic mass is 10.1. The van der Waals surface area contributed by atoms with E-state index in [1.807, 2.05) is 0 Å². The molecular formula is C7H10BrN3O3S. The van der Waals surface area contributed by atoms with Crippen molar-refractivity contribution in [1.82, 2.24) is 9.97 Å². The van der Waals surface area contributed by atoms with Gasteiger partial charge in [0.15, 0.2) is 5.82 Å². The Morgan fingerprint density at radius 3 is 2.40 bits per heavy atom. The van der Waals surface area contributed by atoms with E-state index in [2.05, 4.69) is 25.9 Å². The average Bonchev–Trinajstić information content (AvgIpc) is 2.00. The minimum Gasteiger partial charge on any atom is -0.381 e. The number of aliphatic hydroxyl groups is 1. The van der Waals surface area contributed by atoms with Crippen LogP contribution in [0.4, 0.5) is 0 Å². The van der Waals surface area contributed by atoms with Crippen LogP contribution in [-0.4, -0.2) is 29.2 Å². The molecule has 1 heterocycles. The van der Waals surface area contributed by atoms with Crippen LogP contribution in [0.3, 0.4) is 0 Å². The maximum atomic E-state index is 10.8. The molecule has 84 valence electrons. The van der Waals surface area contributed by atoms with Gasteiger partial charge in [-0.25, -0.2) is 23.5 Å². The zero-order valence-corrected chi connectivity index (χ0v) is 10.3. The van der Waals surface area contributed by atoms with Gasteiger partial charge >= 0.3 is 0 Å². The number of primary sulfonamides is 1. The third kappa shape index (κ3) is 3.82. The van der Waals surface area contributed by atoms with Gasteiger partial charge in [0.25, 0.3) is 0 Å². The van der Waals surface area contributed by atoms with Crippen molar-refractivity contribution in [1.29, 1.82) is 0 Å². The number of aromatic nitrogens is 2. The standard InChI is InChI=1S/C7H10BrN3O3S/c1-7(12,4-15(9,13)14)6-10-2-5(8)3-11-6/h2-3,12H,4H2,1H3,(H2,9,13,14)/t7-/m1/s1. The molecule has 3 N–H and O–H groups in total. The van der Waals surface area contributed by atoms with E-state index < -0.39 is 21.4 Å². The first kappa shape index (κ1) is 12.5. The van der Waals surface area contributed by atoms with Crippen LogP contribution < -0.4 is 5.14 Å². The number of halogens is 1. The maximum Gasteiger partial charge on any atom is 0.212 e. The molecule has 1 aromatic heterocycles. The highest BCUT2D eigenvalue weighted by Gasteiger charge is 2.31. The Morgan fingerprint density at radius 1 is 1.53 bits per heavy atom. The summed E-state index contributed by atoms with van der Waals surface area (Å²) in [5.41, 5.74) is -1.69. The molecule has 8 heteroatoms. The summed E-state index contributed by atoms with van der Waals surface area (Å²) >= 11 is 3.12. The Hall–Kier alpha value is -0.570. The average molecular weight is 296 g/mol. The van der Waals surface area contributed by atoms with Crippen molar-refractivity contribution in [3.8, 4) is 0 Å². The van der Waals surface area contributed by atoms with Crippen LogP contribution in [0.2, 0.25) is 0 Å². The fraction of sp³-hybridized carbons (Fsp3) is 0.429. The van der Waals surface area contributed by atoms with Crippen molar-refractivity contribution >= 4 is 26.0 Å². The van der Waals surface area contributed by atoms with Gasteiger partial charge in [-0.1, -0.05) is 0 Å². The van der Waals surface area contributed by atoms with Gasteiger partial charge in [-0.3, -0.25) is 0 Å². The molecule has 0 aliphatic carbocycles. The van der Waals surface area contributed by atoms with Crippen LogP contribution in [0.25, 0.3) is 0 Å². The highest BCUT2D eigenvalue weighted by molar-refractivity contribution is 9.10. The quantitative estimate of drug-likeness (QED) is 0.799. The number of nitrogens with zero attached hydrogens (tertiary/aromatic N) is 2. The zero-order chi connectivity index (χ0) is 11.7. The largest absolute Gasteiger partial charge is 0.381 e. The number of rotatable bonds is 3. The van der Waals surface area contributed by atoms with Crippen LogP contribution >= 0.6 is 15.9 Å². The van der Waals surface area contributed by atoms with Crippen LogP contribution in [-0.2, 0) is 15.6 Å². The molecular weight excluding hydrogens is 286 g/mol. The van der Waals surface area contributed by atoms with E-state index in [1.165, 1.54) is 19.3 Å². The lowest BCUT2D eigenvalue weighted by Crippen LogP contribution is -2.36. The van der Waals surface area contributed by atoms with Gasteiger partial charge in [-0.2, -0.15) is 0 Å². The van der Waals surface area contributed by atoms with Crippen LogP contribution in [0.1, 0.15) is 12.7 Å². The second kappa shape index (κ2) is 4.12. The Balaban J connectivity index is 3.00. The molecule has 0 aliphatic rings. The molecule has 0 fully saturated rings.